The lowest BCUT2D eigenvalue weighted by atomic mass is 10.0. The van der Waals surface area contributed by atoms with Gasteiger partial charge in [-0.25, -0.2) is 8.42 Å². The fraction of sp³-hybridized carbons (Fsp3) is 0.533. The standard InChI is InChI=1S/C15H22O3S/c1-11(2)7-8-19(17,18)10-15(16)14-6-5-12(3)9-13(14)4/h5-6,9,11H,7-8,10H2,1-4H3. The van der Waals surface area contributed by atoms with E-state index in [9.17, 15) is 13.2 Å². The molecule has 0 amide bonds. The maximum absolute atomic E-state index is 12.1. The van der Waals surface area contributed by atoms with Gasteiger partial charge in [0, 0.05) is 5.56 Å². The van der Waals surface area contributed by atoms with Gasteiger partial charge in [-0.15, -0.1) is 0 Å². The van der Waals surface area contributed by atoms with Crippen molar-refractivity contribution in [2.45, 2.75) is 34.1 Å². The molecule has 0 saturated heterocycles. The molecule has 1 rings (SSSR count). The number of hydrogen-bond donors (Lipinski definition) is 0. The maximum atomic E-state index is 12.1. The van der Waals surface area contributed by atoms with Crippen molar-refractivity contribution >= 4 is 15.6 Å². The van der Waals surface area contributed by atoms with Crippen LogP contribution in [0, 0.1) is 19.8 Å². The highest BCUT2D eigenvalue weighted by molar-refractivity contribution is 7.92. The van der Waals surface area contributed by atoms with Gasteiger partial charge in [-0.3, -0.25) is 4.79 Å². The molecule has 0 bridgehead atoms. The summed E-state index contributed by atoms with van der Waals surface area (Å²) in [5.74, 6) is -0.280. The number of aryl methyl sites for hydroxylation is 2. The van der Waals surface area contributed by atoms with Gasteiger partial charge in [-0.05, 0) is 31.7 Å². The number of ketones is 1. The molecule has 0 unspecified atom stereocenters. The molecular formula is C15H22O3S. The van der Waals surface area contributed by atoms with Gasteiger partial charge in [0.05, 0.1) is 5.75 Å². The van der Waals surface area contributed by atoms with E-state index in [4.69, 9.17) is 0 Å². The summed E-state index contributed by atoms with van der Waals surface area (Å²) in [5.41, 5.74) is 2.42. The highest BCUT2D eigenvalue weighted by atomic mass is 32.2. The van der Waals surface area contributed by atoms with Gasteiger partial charge in [0.1, 0.15) is 5.75 Å². The van der Waals surface area contributed by atoms with E-state index in [0.29, 0.717) is 17.9 Å². The molecule has 0 saturated carbocycles. The van der Waals surface area contributed by atoms with E-state index in [1.54, 1.807) is 6.07 Å². The summed E-state index contributed by atoms with van der Waals surface area (Å²) in [5, 5.41) is 0. The number of sulfone groups is 1. The van der Waals surface area contributed by atoms with Crippen LogP contribution in [-0.2, 0) is 9.84 Å². The van der Waals surface area contributed by atoms with E-state index in [0.717, 1.165) is 11.1 Å². The minimum Gasteiger partial charge on any atom is -0.293 e. The van der Waals surface area contributed by atoms with Crippen LogP contribution in [0.25, 0.3) is 0 Å². The van der Waals surface area contributed by atoms with Crippen molar-refractivity contribution in [3.05, 3.63) is 34.9 Å². The van der Waals surface area contributed by atoms with Crippen molar-refractivity contribution in [3.63, 3.8) is 0 Å². The first-order valence-corrected chi connectivity index (χ1v) is 8.34. The molecule has 0 aromatic heterocycles. The maximum Gasteiger partial charge on any atom is 0.178 e. The highest BCUT2D eigenvalue weighted by Gasteiger charge is 2.19. The molecule has 4 heteroatoms. The van der Waals surface area contributed by atoms with Crippen LogP contribution in [0.4, 0.5) is 0 Å². The molecule has 0 atom stereocenters. The third-order valence-corrected chi connectivity index (χ3v) is 4.60. The normalized spacial score (nSPS) is 11.8. The van der Waals surface area contributed by atoms with Crippen molar-refractivity contribution in [2.24, 2.45) is 5.92 Å². The SMILES string of the molecule is Cc1ccc(C(=O)CS(=O)(=O)CCC(C)C)c(C)c1. The molecule has 0 N–H and O–H groups in total. The van der Waals surface area contributed by atoms with Gasteiger partial charge in [0.25, 0.3) is 0 Å². The second-order valence-electron chi connectivity index (χ2n) is 5.52. The van der Waals surface area contributed by atoms with Crippen LogP contribution >= 0.6 is 0 Å². The lowest BCUT2D eigenvalue weighted by Gasteiger charge is -2.08. The number of hydrogen-bond acceptors (Lipinski definition) is 3. The minimum atomic E-state index is -3.30. The Hall–Kier alpha value is -1.16. The summed E-state index contributed by atoms with van der Waals surface area (Å²) in [7, 11) is -3.30. The van der Waals surface area contributed by atoms with Crippen LogP contribution in [0.1, 0.15) is 41.8 Å². The Morgan fingerprint density at radius 1 is 1.21 bits per heavy atom. The molecule has 0 aliphatic rings. The van der Waals surface area contributed by atoms with Crippen LogP contribution in [-0.4, -0.2) is 25.7 Å². The zero-order chi connectivity index (χ0) is 14.6. The van der Waals surface area contributed by atoms with E-state index in [1.165, 1.54) is 0 Å². The van der Waals surface area contributed by atoms with Gasteiger partial charge in [-0.1, -0.05) is 37.6 Å². The largest absolute Gasteiger partial charge is 0.293 e. The molecule has 0 heterocycles. The Morgan fingerprint density at radius 3 is 2.37 bits per heavy atom. The monoisotopic (exact) mass is 282 g/mol. The van der Waals surface area contributed by atoms with Crippen LogP contribution in [0.2, 0.25) is 0 Å². The Morgan fingerprint density at radius 2 is 1.84 bits per heavy atom. The first-order chi connectivity index (χ1) is 8.71. The molecular weight excluding hydrogens is 260 g/mol. The molecule has 106 valence electrons. The third kappa shape index (κ3) is 5.15. The summed E-state index contributed by atoms with van der Waals surface area (Å²) in [4.78, 5) is 12.1. The van der Waals surface area contributed by atoms with Crippen LogP contribution in [0.15, 0.2) is 18.2 Å². The smallest absolute Gasteiger partial charge is 0.178 e. The van der Waals surface area contributed by atoms with Gasteiger partial charge >= 0.3 is 0 Å². The second kappa shape index (κ2) is 6.33. The van der Waals surface area contributed by atoms with E-state index in [2.05, 4.69) is 0 Å². The van der Waals surface area contributed by atoms with Crippen LogP contribution in [0.5, 0.6) is 0 Å². The fourth-order valence-electron chi connectivity index (χ4n) is 1.89. The average molecular weight is 282 g/mol. The number of carbonyl (C=O) groups excluding carboxylic acids is 1. The summed E-state index contributed by atoms with van der Waals surface area (Å²) < 4.78 is 23.8. The average Bonchev–Trinajstić information content (AvgIpc) is 2.25. The molecule has 1 aromatic carbocycles. The fourth-order valence-corrected chi connectivity index (χ4v) is 3.42. The molecule has 0 fully saturated rings. The predicted octanol–water partition coefficient (Wildman–Crippen LogP) is 2.95. The van der Waals surface area contributed by atoms with Gasteiger partial charge < -0.3 is 0 Å². The van der Waals surface area contributed by atoms with E-state index < -0.39 is 9.84 Å². The molecule has 1 aromatic rings. The van der Waals surface area contributed by atoms with Crippen molar-refractivity contribution in [3.8, 4) is 0 Å². The number of carbonyl (C=O) groups is 1. The Kier molecular flexibility index (Phi) is 5.29. The highest BCUT2D eigenvalue weighted by Crippen LogP contribution is 2.13. The van der Waals surface area contributed by atoms with Gasteiger partial charge in [-0.2, -0.15) is 0 Å². The van der Waals surface area contributed by atoms with E-state index >= 15 is 0 Å². The summed E-state index contributed by atoms with van der Waals surface area (Å²) in [6.45, 7) is 7.73. The lowest BCUT2D eigenvalue weighted by molar-refractivity contribution is 0.102. The van der Waals surface area contributed by atoms with Gasteiger partial charge in [0.2, 0.25) is 0 Å². The zero-order valence-corrected chi connectivity index (χ0v) is 12.9. The lowest BCUT2D eigenvalue weighted by Crippen LogP contribution is -2.20. The molecule has 0 aliphatic carbocycles. The minimum absolute atomic E-state index is 0.0846. The number of benzene rings is 1. The molecule has 0 radical (unpaired) electrons. The Balaban J connectivity index is 2.79. The molecule has 0 aliphatic heterocycles. The van der Waals surface area contributed by atoms with Crippen LogP contribution < -0.4 is 0 Å². The first-order valence-electron chi connectivity index (χ1n) is 6.52. The molecule has 19 heavy (non-hydrogen) atoms. The van der Waals surface area contributed by atoms with Crippen molar-refractivity contribution in [2.75, 3.05) is 11.5 Å². The number of rotatable bonds is 6. The molecule has 3 nitrogen and oxygen atoms in total. The summed E-state index contributed by atoms with van der Waals surface area (Å²) in [6, 6.07) is 5.44. The Bertz CT molecular complexity index is 557. The first kappa shape index (κ1) is 15.9. The molecule has 0 spiro atoms. The summed E-state index contributed by atoms with van der Waals surface area (Å²) >= 11 is 0. The van der Waals surface area contributed by atoms with E-state index in [-0.39, 0.29) is 17.3 Å². The van der Waals surface area contributed by atoms with Crippen LogP contribution in [0.3, 0.4) is 0 Å². The third-order valence-electron chi connectivity index (χ3n) is 3.04. The van der Waals surface area contributed by atoms with Crippen molar-refractivity contribution in [1.82, 2.24) is 0 Å². The Labute approximate surface area is 116 Å². The van der Waals surface area contributed by atoms with Gasteiger partial charge in [0.15, 0.2) is 15.6 Å². The quantitative estimate of drug-likeness (QED) is 0.754. The topological polar surface area (TPSA) is 51.2 Å². The van der Waals surface area contributed by atoms with Crippen molar-refractivity contribution in [1.29, 1.82) is 0 Å². The van der Waals surface area contributed by atoms with Crippen molar-refractivity contribution < 1.29 is 13.2 Å². The zero-order valence-electron chi connectivity index (χ0n) is 12.1. The second-order valence-corrected chi connectivity index (χ2v) is 7.70. The van der Waals surface area contributed by atoms with E-state index in [1.807, 2.05) is 39.8 Å². The predicted molar refractivity (Wildman–Crippen MR) is 78.4 cm³/mol. The summed E-state index contributed by atoms with van der Waals surface area (Å²) in [6.07, 6.45) is 0.600. The number of Topliss-reactive ketones (excluding diaryl/α,β-unsaturated/α-hetero) is 1.